The summed E-state index contributed by atoms with van der Waals surface area (Å²) in [6.07, 6.45) is 6.47. The number of carbonyl (C=O) groups excluding carboxylic acids is 1. The summed E-state index contributed by atoms with van der Waals surface area (Å²) < 4.78 is 5.23. The third-order valence-corrected chi connectivity index (χ3v) is 5.75. The second-order valence-corrected chi connectivity index (χ2v) is 7.75. The van der Waals surface area contributed by atoms with Gasteiger partial charge in [-0.3, -0.25) is 0 Å². The van der Waals surface area contributed by atoms with Crippen LogP contribution in [-0.4, -0.2) is 60.1 Å². The molecule has 3 aromatic rings. The minimum atomic E-state index is -0.00337. The quantitative estimate of drug-likeness (QED) is 0.397. The van der Waals surface area contributed by atoms with Crippen LogP contribution in [0.4, 0.5) is 17.5 Å². The normalized spacial score (nSPS) is 13.9. The number of allylic oxidation sites excluding steroid dienone is 1. The maximum Gasteiger partial charge on any atom is 0.227 e. The molecule has 3 heterocycles. The van der Waals surface area contributed by atoms with Crippen LogP contribution in [0.5, 0.6) is 0 Å². The van der Waals surface area contributed by atoms with Crippen LogP contribution in [0, 0.1) is 0 Å². The van der Waals surface area contributed by atoms with E-state index in [1.807, 2.05) is 24.1 Å². The zero-order valence-electron chi connectivity index (χ0n) is 18.0. The standard InChI is InChI=1S/C23H28N6O2/c1-4-5-16(9-12-30)21-18-8-10-29(17-6-7-19-20(14-17)25-15-24-19)22(18)27-23(26-21)28(2)11-13-31-3/h4,6-7,12,14-16H,1,5,8-11,13H2,2-3H3,(H,24,25). The van der Waals surface area contributed by atoms with Crippen molar-refractivity contribution in [3.05, 3.63) is 48.4 Å². The van der Waals surface area contributed by atoms with Gasteiger partial charge in [0.05, 0.1) is 29.7 Å². The molecule has 1 aromatic carbocycles. The van der Waals surface area contributed by atoms with Crippen molar-refractivity contribution < 1.29 is 9.53 Å². The SMILES string of the molecule is C=CCC(CC=O)c1nc(N(C)CCOC)nc2c1CCN2c1ccc2nc[nH]c2c1. The summed E-state index contributed by atoms with van der Waals surface area (Å²) >= 11 is 0. The molecular weight excluding hydrogens is 392 g/mol. The van der Waals surface area contributed by atoms with Gasteiger partial charge in [-0.1, -0.05) is 6.08 Å². The Bertz CT molecular complexity index is 1070. The van der Waals surface area contributed by atoms with E-state index in [1.54, 1.807) is 13.4 Å². The number of carbonyl (C=O) groups is 1. The van der Waals surface area contributed by atoms with Gasteiger partial charge in [-0.15, -0.1) is 6.58 Å². The average Bonchev–Trinajstić information content (AvgIpc) is 3.42. The van der Waals surface area contributed by atoms with Crippen molar-refractivity contribution in [1.29, 1.82) is 0 Å². The lowest BCUT2D eigenvalue weighted by Crippen LogP contribution is -2.26. The van der Waals surface area contributed by atoms with Crippen molar-refractivity contribution in [1.82, 2.24) is 19.9 Å². The summed E-state index contributed by atoms with van der Waals surface area (Å²) in [5, 5.41) is 0. The number of hydrogen-bond acceptors (Lipinski definition) is 7. The van der Waals surface area contributed by atoms with Gasteiger partial charge in [-0.25, -0.2) is 9.97 Å². The summed E-state index contributed by atoms with van der Waals surface area (Å²) in [6.45, 7) is 5.94. The molecule has 0 saturated carbocycles. The molecule has 4 rings (SSSR count). The number of anilines is 3. The van der Waals surface area contributed by atoms with Gasteiger partial charge in [0.2, 0.25) is 5.95 Å². The highest BCUT2D eigenvalue weighted by molar-refractivity contribution is 5.81. The smallest absolute Gasteiger partial charge is 0.227 e. The minimum absolute atomic E-state index is 0.00337. The molecule has 0 aliphatic carbocycles. The molecule has 0 radical (unpaired) electrons. The topological polar surface area (TPSA) is 87.2 Å². The molecule has 2 aromatic heterocycles. The molecule has 0 fully saturated rings. The van der Waals surface area contributed by atoms with Gasteiger partial charge in [0.1, 0.15) is 12.1 Å². The van der Waals surface area contributed by atoms with Crippen molar-refractivity contribution in [3.8, 4) is 0 Å². The van der Waals surface area contributed by atoms with Crippen molar-refractivity contribution in [3.63, 3.8) is 0 Å². The van der Waals surface area contributed by atoms with Gasteiger partial charge in [0.25, 0.3) is 0 Å². The Kier molecular flexibility index (Phi) is 6.27. The number of benzene rings is 1. The van der Waals surface area contributed by atoms with Crippen LogP contribution >= 0.6 is 0 Å². The van der Waals surface area contributed by atoms with Gasteiger partial charge in [-0.05, 0) is 31.0 Å². The number of aromatic nitrogens is 4. The highest BCUT2D eigenvalue weighted by atomic mass is 16.5. The predicted octanol–water partition coefficient (Wildman–Crippen LogP) is 3.38. The number of methoxy groups -OCH3 is 1. The number of hydrogen-bond donors (Lipinski definition) is 1. The minimum Gasteiger partial charge on any atom is -0.383 e. The van der Waals surface area contributed by atoms with Crippen LogP contribution in [0.1, 0.15) is 30.0 Å². The maximum absolute atomic E-state index is 11.4. The Balaban J connectivity index is 1.80. The van der Waals surface area contributed by atoms with Crippen LogP contribution in [0.25, 0.3) is 11.0 Å². The third-order valence-electron chi connectivity index (χ3n) is 5.75. The Morgan fingerprint density at radius 2 is 2.23 bits per heavy atom. The van der Waals surface area contributed by atoms with E-state index < -0.39 is 0 Å². The second-order valence-electron chi connectivity index (χ2n) is 7.75. The molecular formula is C23H28N6O2. The monoisotopic (exact) mass is 420 g/mol. The lowest BCUT2D eigenvalue weighted by molar-refractivity contribution is -0.108. The first-order chi connectivity index (χ1) is 15.2. The van der Waals surface area contributed by atoms with E-state index in [0.29, 0.717) is 31.9 Å². The lowest BCUT2D eigenvalue weighted by atomic mass is 9.94. The second kappa shape index (κ2) is 9.26. The molecule has 1 aliphatic heterocycles. The Morgan fingerprint density at radius 3 is 3.00 bits per heavy atom. The number of rotatable bonds is 10. The highest BCUT2D eigenvalue weighted by Gasteiger charge is 2.30. The molecule has 0 amide bonds. The zero-order chi connectivity index (χ0) is 21.8. The number of aldehydes is 1. The number of nitrogens with zero attached hydrogens (tertiary/aromatic N) is 5. The van der Waals surface area contributed by atoms with E-state index in [9.17, 15) is 4.79 Å². The first-order valence-corrected chi connectivity index (χ1v) is 10.5. The van der Waals surface area contributed by atoms with E-state index in [2.05, 4.69) is 33.6 Å². The van der Waals surface area contributed by atoms with E-state index in [1.165, 1.54) is 0 Å². The number of nitrogens with one attached hydrogen (secondary N) is 1. The molecule has 0 saturated heterocycles. The Hall–Kier alpha value is -3.26. The molecule has 162 valence electrons. The summed E-state index contributed by atoms with van der Waals surface area (Å²) in [5.74, 6) is 1.54. The molecule has 1 unspecified atom stereocenters. The molecule has 0 spiro atoms. The van der Waals surface area contributed by atoms with E-state index >= 15 is 0 Å². The van der Waals surface area contributed by atoms with E-state index in [0.717, 1.165) is 53.0 Å². The molecule has 1 atom stereocenters. The van der Waals surface area contributed by atoms with Gasteiger partial charge >= 0.3 is 0 Å². The van der Waals surface area contributed by atoms with Crippen LogP contribution in [-0.2, 0) is 16.0 Å². The van der Waals surface area contributed by atoms with Crippen LogP contribution in [0.3, 0.4) is 0 Å². The number of likely N-dealkylation sites (N-methyl/N-ethyl adjacent to an activating group) is 1. The van der Waals surface area contributed by atoms with Crippen molar-refractivity contribution in [2.45, 2.75) is 25.2 Å². The van der Waals surface area contributed by atoms with Gasteiger partial charge in [-0.2, -0.15) is 4.98 Å². The highest BCUT2D eigenvalue weighted by Crippen LogP contribution is 2.39. The van der Waals surface area contributed by atoms with Gasteiger partial charge in [0, 0.05) is 50.8 Å². The predicted molar refractivity (Wildman–Crippen MR) is 122 cm³/mol. The molecule has 8 heteroatoms. The average molecular weight is 421 g/mol. The fourth-order valence-electron chi connectivity index (χ4n) is 4.09. The summed E-state index contributed by atoms with van der Waals surface area (Å²) in [4.78, 5) is 32.9. The number of H-pyrrole nitrogens is 1. The van der Waals surface area contributed by atoms with Crippen LogP contribution in [0.2, 0.25) is 0 Å². The lowest BCUT2D eigenvalue weighted by Gasteiger charge is -2.24. The number of imidazole rings is 1. The first kappa shape index (κ1) is 21.0. The maximum atomic E-state index is 11.4. The van der Waals surface area contributed by atoms with E-state index in [4.69, 9.17) is 14.7 Å². The fraction of sp³-hybridized carbons (Fsp3) is 0.391. The summed E-state index contributed by atoms with van der Waals surface area (Å²) in [6, 6.07) is 6.18. The molecule has 8 nitrogen and oxygen atoms in total. The number of aromatic amines is 1. The number of ether oxygens (including phenoxy) is 1. The Labute approximate surface area is 182 Å². The Morgan fingerprint density at radius 1 is 1.35 bits per heavy atom. The van der Waals surface area contributed by atoms with Crippen molar-refractivity contribution in [2.24, 2.45) is 0 Å². The third kappa shape index (κ3) is 4.16. The van der Waals surface area contributed by atoms with Crippen LogP contribution < -0.4 is 9.80 Å². The molecule has 1 aliphatic rings. The van der Waals surface area contributed by atoms with Crippen LogP contribution in [0.15, 0.2) is 37.2 Å². The first-order valence-electron chi connectivity index (χ1n) is 10.5. The van der Waals surface area contributed by atoms with Gasteiger partial charge < -0.3 is 24.3 Å². The van der Waals surface area contributed by atoms with Gasteiger partial charge in [0.15, 0.2) is 0 Å². The summed E-state index contributed by atoms with van der Waals surface area (Å²) in [7, 11) is 3.64. The largest absolute Gasteiger partial charge is 0.383 e. The molecule has 0 bridgehead atoms. The van der Waals surface area contributed by atoms with Crippen molar-refractivity contribution >= 4 is 34.8 Å². The molecule has 31 heavy (non-hydrogen) atoms. The fourth-order valence-corrected chi connectivity index (χ4v) is 4.09. The molecule has 1 N–H and O–H groups in total. The number of fused-ring (bicyclic) bond motifs is 2. The zero-order valence-corrected chi connectivity index (χ0v) is 18.0. The van der Waals surface area contributed by atoms with E-state index in [-0.39, 0.29) is 5.92 Å². The van der Waals surface area contributed by atoms with Crippen molar-refractivity contribution in [2.75, 3.05) is 43.7 Å². The summed E-state index contributed by atoms with van der Waals surface area (Å²) in [5.41, 5.74) is 5.04.